The summed E-state index contributed by atoms with van der Waals surface area (Å²) >= 11 is 1.86. The van der Waals surface area contributed by atoms with Crippen LogP contribution in [-0.2, 0) is 4.79 Å². The molecule has 14 heavy (non-hydrogen) atoms. The molecule has 3 aliphatic heterocycles. The molecule has 0 saturated carbocycles. The third kappa shape index (κ3) is 1.27. The van der Waals surface area contributed by atoms with E-state index < -0.39 is 0 Å². The number of amides is 1. The molecule has 1 N–H and O–H groups in total. The van der Waals surface area contributed by atoms with E-state index in [1.54, 1.807) is 0 Å². The van der Waals surface area contributed by atoms with Gasteiger partial charge in [0, 0.05) is 17.8 Å². The van der Waals surface area contributed by atoms with Gasteiger partial charge in [-0.15, -0.1) is 11.8 Å². The summed E-state index contributed by atoms with van der Waals surface area (Å²) < 4.78 is 0. The Bertz CT molecular complexity index is 253. The second-order valence-corrected chi connectivity index (χ2v) is 5.67. The maximum absolute atomic E-state index is 12.0. The number of thioether (sulfide) groups is 1. The predicted molar refractivity (Wildman–Crippen MR) is 57.4 cm³/mol. The Balaban J connectivity index is 1.74. The van der Waals surface area contributed by atoms with Crippen molar-refractivity contribution in [3.63, 3.8) is 0 Å². The highest BCUT2D eigenvalue weighted by Crippen LogP contribution is 2.40. The zero-order valence-corrected chi connectivity index (χ0v) is 9.05. The minimum atomic E-state index is 0.315. The normalized spacial score (nSPS) is 38.3. The lowest BCUT2D eigenvalue weighted by Gasteiger charge is -2.37. The summed E-state index contributed by atoms with van der Waals surface area (Å²) in [5, 5.41) is 3.67. The highest BCUT2D eigenvalue weighted by Gasteiger charge is 2.47. The lowest BCUT2D eigenvalue weighted by Crippen LogP contribution is -2.50. The molecule has 3 fully saturated rings. The number of piperidine rings is 1. The number of fused-ring (bicyclic) bond motifs is 2. The number of carbonyl (C=O) groups excluding carboxylic acids is 1. The molecule has 3 aliphatic rings. The molecule has 1 amide bonds. The Hall–Kier alpha value is -0.220. The van der Waals surface area contributed by atoms with Crippen LogP contribution < -0.4 is 5.32 Å². The van der Waals surface area contributed by atoms with Crippen LogP contribution in [-0.4, -0.2) is 47.0 Å². The minimum Gasteiger partial charge on any atom is -0.335 e. The maximum Gasteiger partial charge on any atom is 0.236 e. The zero-order valence-electron chi connectivity index (χ0n) is 8.24. The van der Waals surface area contributed by atoms with Gasteiger partial charge in [-0.1, -0.05) is 0 Å². The van der Waals surface area contributed by atoms with Gasteiger partial charge in [0.05, 0.1) is 5.25 Å². The van der Waals surface area contributed by atoms with Crippen LogP contribution in [0.3, 0.4) is 0 Å². The van der Waals surface area contributed by atoms with Gasteiger partial charge in [0.2, 0.25) is 5.91 Å². The average molecular weight is 212 g/mol. The molecule has 0 radical (unpaired) electrons. The number of hydrogen-bond donors (Lipinski definition) is 1. The quantitative estimate of drug-likeness (QED) is 0.685. The van der Waals surface area contributed by atoms with Gasteiger partial charge >= 0.3 is 0 Å². The van der Waals surface area contributed by atoms with Crippen molar-refractivity contribution >= 4 is 17.7 Å². The van der Waals surface area contributed by atoms with Gasteiger partial charge in [0.15, 0.2) is 0 Å². The topological polar surface area (TPSA) is 32.3 Å². The fraction of sp³-hybridized carbons (Fsp3) is 0.900. The number of hydrogen-bond acceptors (Lipinski definition) is 3. The van der Waals surface area contributed by atoms with Gasteiger partial charge in [-0.25, -0.2) is 0 Å². The van der Waals surface area contributed by atoms with E-state index in [2.05, 4.69) is 10.2 Å². The molecule has 2 bridgehead atoms. The van der Waals surface area contributed by atoms with Gasteiger partial charge in [-0.2, -0.15) is 0 Å². The van der Waals surface area contributed by atoms with Gasteiger partial charge in [-0.05, 0) is 32.4 Å². The van der Waals surface area contributed by atoms with E-state index >= 15 is 0 Å². The van der Waals surface area contributed by atoms with Gasteiger partial charge in [0.25, 0.3) is 0 Å². The van der Waals surface area contributed by atoms with E-state index in [1.165, 1.54) is 5.75 Å². The first-order chi connectivity index (χ1) is 6.86. The number of likely N-dealkylation sites (tertiary alicyclic amines) is 1. The first-order valence-electron chi connectivity index (χ1n) is 5.51. The smallest absolute Gasteiger partial charge is 0.236 e. The van der Waals surface area contributed by atoms with Crippen molar-refractivity contribution < 1.29 is 4.79 Å². The number of nitrogens with zero attached hydrogens (tertiary/aromatic N) is 1. The molecule has 0 aromatic rings. The van der Waals surface area contributed by atoms with Crippen molar-refractivity contribution in [2.75, 3.05) is 18.8 Å². The van der Waals surface area contributed by atoms with Crippen LogP contribution in [0, 0.1) is 0 Å². The van der Waals surface area contributed by atoms with E-state index in [-0.39, 0.29) is 0 Å². The fourth-order valence-corrected chi connectivity index (χ4v) is 4.26. The summed E-state index contributed by atoms with van der Waals surface area (Å²) in [5.41, 5.74) is 0. The molecule has 3 saturated heterocycles. The summed E-state index contributed by atoms with van der Waals surface area (Å²) in [4.78, 5) is 14.2. The molecule has 3 nitrogen and oxygen atoms in total. The van der Waals surface area contributed by atoms with E-state index in [1.807, 2.05) is 11.8 Å². The summed E-state index contributed by atoms with van der Waals surface area (Å²) in [5.74, 6) is 1.61. The van der Waals surface area contributed by atoms with Crippen molar-refractivity contribution in [1.29, 1.82) is 0 Å². The lowest BCUT2D eigenvalue weighted by molar-refractivity contribution is -0.131. The largest absolute Gasteiger partial charge is 0.335 e. The Morgan fingerprint density at radius 3 is 2.71 bits per heavy atom. The molecule has 2 atom stereocenters. The Labute approximate surface area is 88.6 Å². The van der Waals surface area contributed by atoms with Crippen molar-refractivity contribution in [3.8, 4) is 0 Å². The fourth-order valence-electron chi connectivity index (χ4n) is 2.89. The van der Waals surface area contributed by atoms with Crippen molar-refractivity contribution in [2.45, 2.75) is 36.6 Å². The molecule has 2 unspecified atom stereocenters. The Kier molecular flexibility index (Phi) is 2.21. The maximum atomic E-state index is 12.0. The van der Waals surface area contributed by atoms with E-state index in [4.69, 9.17) is 0 Å². The van der Waals surface area contributed by atoms with Crippen LogP contribution >= 0.6 is 11.8 Å². The van der Waals surface area contributed by atoms with Gasteiger partial charge < -0.3 is 10.2 Å². The van der Waals surface area contributed by atoms with Crippen LogP contribution in [0.1, 0.15) is 19.3 Å². The molecule has 0 aromatic carbocycles. The van der Waals surface area contributed by atoms with Crippen LogP contribution in [0.15, 0.2) is 0 Å². The first-order valence-corrected chi connectivity index (χ1v) is 6.55. The van der Waals surface area contributed by atoms with Crippen molar-refractivity contribution in [2.24, 2.45) is 0 Å². The molecule has 4 heteroatoms. The van der Waals surface area contributed by atoms with Gasteiger partial charge in [0.1, 0.15) is 0 Å². The number of carbonyl (C=O) groups is 1. The molecule has 78 valence electrons. The molecule has 0 spiro atoms. The average Bonchev–Trinajstić information content (AvgIpc) is 2.79. The zero-order chi connectivity index (χ0) is 9.54. The SMILES string of the molecule is O=C1C2CC(CS2)N1C1CCNCC1. The Morgan fingerprint density at radius 1 is 1.29 bits per heavy atom. The Morgan fingerprint density at radius 2 is 2.07 bits per heavy atom. The molecule has 3 heterocycles. The summed E-state index contributed by atoms with van der Waals surface area (Å²) in [6.07, 6.45) is 3.42. The molecule has 3 rings (SSSR count). The molecule has 0 aromatic heterocycles. The summed E-state index contributed by atoms with van der Waals surface area (Å²) in [7, 11) is 0. The standard InChI is InChI=1S/C10H16N2OS/c13-10-9-5-8(6-14-9)12(10)7-1-3-11-4-2-7/h7-9,11H,1-6H2. The van der Waals surface area contributed by atoms with E-state index in [0.29, 0.717) is 23.2 Å². The summed E-state index contributed by atoms with van der Waals surface area (Å²) in [6, 6.07) is 1.11. The number of rotatable bonds is 1. The second kappa shape index (κ2) is 3.42. The van der Waals surface area contributed by atoms with Crippen LogP contribution in [0.5, 0.6) is 0 Å². The molecule has 0 aliphatic carbocycles. The highest BCUT2D eigenvalue weighted by atomic mass is 32.2. The van der Waals surface area contributed by atoms with Gasteiger partial charge in [-0.3, -0.25) is 4.79 Å². The molecular formula is C10H16N2OS. The summed E-state index contributed by atoms with van der Waals surface area (Å²) in [6.45, 7) is 2.16. The minimum absolute atomic E-state index is 0.315. The third-order valence-corrected chi connectivity index (χ3v) is 4.98. The van der Waals surface area contributed by atoms with Crippen molar-refractivity contribution in [1.82, 2.24) is 10.2 Å². The van der Waals surface area contributed by atoms with Crippen molar-refractivity contribution in [3.05, 3.63) is 0 Å². The predicted octanol–water partition coefficient (Wildman–Crippen LogP) is 0.455. The molecular weight excluding hydrogens is 196 g/mol. The first kappa shape index (κ1) is 9.04. The lowest BCUT2D eigenvalue weighted by atomic mass is 10.0. The highest BCUT2D eigenvalue weighted by molar-refractivity contribution is 8.01. The second-order valence-electron chi connectivity index (χ2n) is 4.44. The van der Waals surface area contributed by atoms with Crippen LogP contribution in [0.25, 0.3) is 0 Å². The number of nitrogens with one attached hydrogen (secondary N) is 1. The van der Waals surface area contributed by atoms with Crippen LogP contribution in [0.4, 0.5) is 0 Å². The van der Waals surface area contributed by atoms with E-state index in [0.717, 1.165) is 32.4 Å². The monoisotopic (exact) mass is 212 g/mol. The van der Waals surface area contributed by atoms with E-state index in [9.17, 15) is 4.79 Å². The third-order valence-electron chi connectivity index (χ3n) is 3.60. The van der Waals surface area contributed by atoms with Crippen LogP contribution in [0.2, 0.25) is 0 Å².